The van der Waals surface area contributed by atoms with Crippen molar-refractivity contribution in [2.75, 3.05) is 5.75 Å². The number of hydrogen-bond acceptors (Lipinski definition) is 5. The van der Waals surface area contributed by atoms with Crippen molar-refractivity contribution in [2.24, 2.45) is 0 Å². The molecule has 1 aromatic rings. The van der Waals surface area contributed by atoms with E-state index < -0.39 is 0 Å². The number of rotatable bonds is 6. The van der Waals surface area contributed by atoms with E-state index in [2.05, 4.69) is 15.5 Å². The number of carbonyl (C=O) groups is 1. The lowest BCUT2D eigenvalue weighted by atomic mass is 10.3. The highest BCUT2D eigenvalue weighted by atomic mass is 32.2. The van der Waals surface area contributed by atoms with E-state index in [-0.39, 0.29) is 11.8 Å². The number of tetrazole rings is 1. The molecule has 1 aromatic heterocycles. The van der Waals surface area contributed by atoms with E-state index in [0.29, 0.717) is 6.42 Å². The van der Waals surface area contributed by atoms with Crippen LogP contribution in [0.5, 0.6) is 0 Å². The number of thioether (sulfide) groups is 1. The Labute approximate surface area is 93.6 Å². The molecule has 0 unspecified atom stereocenters. The number of hydrogen-bond donors (Lipinski definition) is 0. The van der Waals surface area contributed by atoms with Gasteiger partial charge in [0.25, 0.3) is 0 Å². The van der Waals surface area contributed by atoms with Gasteiger partial charge in [0, 0.05) is 12.2 Å². The summed E-state index contributed by atoms with van der Waals surface area (Å²) in [5.41, 5.74) is 0. The fourth-order valence-corrected chi connectivity index (χ4v) is 2.03. The molecule has 0 aliphatic carbocycles. The molecule has 1 heterocycles. The number of aromatic nitrogens is 4. The second-order valence-electron chi connectivity index (χ2n) is 3.65. The van der Waals surface area contributed by atoms with Gasteiger partial charge in [0.1, 0.15) is 5.78 Å². The first-order valence-corrected chi connectivity index (χ1v) is 6.00. The van der Waals surface area contributed by atoms with E-state index in [1.165, 1.54) is 0 Å². The maximum absolute atomic E-state index is 10.7. The van der Waals surface area contributed by atoms with Crippen LogP contribution in [-0.4, -0.2) is 31.7 Å². The molecule has 1 rings (SSSR count). The monoisotopic (exact) mass is 228 g/mol. The van der Waals surface area contributed by atoms with E-state index in [0.717, 1.165) is 17.3 Å². The quantitative estimate of drug-likeness (QED) is 0.548. The van der Waals surface area contributed by atoms with Crippen molar-refractivity contribution >= 4 is 17.5 Å². The maximum Gasteiger partial charge on any atom is 0.209 e. The van der Waals surface area contributed by atoms with Gasteiger partial charge in [-0.2, -0.15) is 0 Å². The van der Waals surface area contributed by atoms with Crippen LogP contribution in [0.4, 0.5) is 0 Å². The van der Waals surface area contributed by atoms with Crippen LogP contribution in [0, 0.1) is 0 Å². The van der Waals surface area contributed by atoms with E-state index in [4.69, 9.17) is 0 Å². The van der Waals surface area contributed by atoms with Gasteiger partial charge in [0.15, 0.2) is 0 Å². The van der Waals surface area contributed by atoms with Crippen LogP contribution >= 0.6 is 11.8 Å². The Morgan fingerprint density at radius 1 is 1.53 bits per heavy atom. The zero-order chi connectivity index (χ0) is 11.3. The third-order valence-corrected chi connectivity index (χ3v) is 2.88. The van der Waals surface area contributed by atoms with Gasteiger partial charge in [-0.05, 0) is 37.6 Å². The van der Waals surface area contributed by atoms with Crippen molar-refractivity contribution in [2.45, 2.75) is 44.8 Å². The summed E-state index contributed by atoms with van der Waals surface area (Å²) in [5, 5.41) is 12.3. The second kappa shape index (κ2) is 5.85. The second-order valence-corrected chi connectivity index (χ2v) is 4.72. The summed E-state index contributed by atoms with van der Waals surface area (Å²) >= 11 is 1.60. The lowest BCUT2D eigenvalue weighted by Crippen LogP contribution is -2.05. The third kappa shape index (κ3) is 3.99. The molecule has 15 heavy (non-hydrogen) atoms. The van der Waals surface area contributed by atoms with Crippen molar-refractivity contribution < 1.29 is 4.79 Å². The molecule has 0 amide bonds. The van der Waals surface area contributed by atoms with Crippen LogP contribution in [0.2, 0.25) is 0 Å². The van der Waals surface area contributed by atoms with Gasteiger partial charge in [-0.25, -0.2) is 4.68 Å². The van der Waals surface area contributed by atoms with E-state index in [1.807, 2.05) is 13.8 Å². The molecule has 0 aliphatic heterocycles. The van der Waals surface area contributed by atoms with Crippen molar-refractivity contribution in [1.29, 1.82) is 0 Å². The third-order valence-electron chi connectivity index (χ3n) is 1.86. The van der Waals surface area contributed by atoms with Gasteiger partial charge in [0.2, 0.25) is 5.16 Å². The number of ketones is 1. The molecule has 6 heteroatoms. The van der Waals surface area contributed by atoms with Crippen molar-refractivity contribution in [3.63, 3.8) is 0 Å². The zero-order valence-corrected chi connectivity index (χ0v) is 10.1. The van der Waals surface area contributed by atoms with Crippen LogP contribution in [0.3, 0.4) is 0 Å². The lowest BCUT2D eigenvalue weighted by molar-refractivity contribution is -0.117. The van der Waals surface area contributed by atoms with E-state index in [9.17, 15) is 4.79 Å². The molecule has 84 valence electrons. The Morgan fingerprint density at radius 3 is 2.87 bits per heavy atom. The van der Waals surface area contributed by atoms with Crippen LogP contribution in [0.25, 0.3) is 0 Å². The standard InChI is InChI=1S/C9H16N4OS/c1-7(2)13-9(10-11-12-13)15-6-4-5-8(3)14/h7H,4-6H2,1-3H3. The maximum atomic E-state index is 10.7. The highest BCUT2D eigenvalue weighted by Crippen LogP contribution is 2.18. The van der Waals surface area contributed by atoms with Crippen molar-refractivity contribution in [3.05, 3.63) is 0 Å². The average Bonchev–Trinajstić information content (AvgIpc) is 2.60. The minimum Gasteiger partial charge on any atom is -0.300 e. The van der Waals surface area contributed by atoms with Crippen molar-refractivity contribution in [1.82, 2.24) is 20.2 Å². The highest BCUT2D eigenvalue weighted by molar-refractivity contribution is 7.99. The summed E-state index contributed by atoms with van der Waals surface area (Å²) in [4.78, 5) is 10.7. The minimum atomic E-state index is 0.235. The normalized spacial score (nSPS) is 10.9. The van der Waals surface area contributed by atoms with Crippen molar-refractivity contribution in [3.8, 4) is 0 Å². The van der Waals surface area contributed by atoms with Crippen LogP contribution < -0.4 is 0 Å². The molecule has 5 nitrogen and oxygen atoms in total. The SMILES string of the molecule is CC(=O)CCCSc1nnnn1C(C)C. The summed E-state index contributed by atoms with van der Waals surface area (Å²) in [6.07, 6.45) is 1.52. The molecule has 0 N–H and O–H groups in total. The molecular weight excluding hydrogens is 212 g/mol. The minimum absolute atomic E-state index is 0.235. The summed E-state index contributed by atoms with van der Waals surface area (Å²) in [5.74, 6) is 1.12. The molecule has 0 saturated carbocycles. The fourth-order valence-electron chi connectivity index (χ4n) is 1.09. The van der Waals surface area contributed by atoms with Gasteiger partial charge in [-0.3, -0.25) is 0 Å². The first-order chi connectivity index (χ1) is 7.11. The molecule has 0 saturated heterocycles. The van der Waals surface area contributed by atoms with Gasteiger partial charge in [-0.15, -0.1) is 5.10 Å². The largest absolute Gasteiger partial charge is 0.300 e. The molecule has 0 aliphatic rings. The topological polar surface area (TPSA) is 60.7 Å². The first kappa shape index (κ1) is 12.2. The Balaban J connectivity index is 2.37. The van der Waals surface area contributed by atoms with E-state index in [1.54, 1.807) is 23.4 Å². The van der Waals surface area contributed by atoms with Gasteiger partial charge < -0.3 is 4.79 Å². The predicted octanol–water partition coefficient (Wildman–Crippen LogP) is 1.72. The summed E-state index contributed by atoms with van der Waals surface area (Å²) < 4.78 is 1.79. The lowest BCUT2D eigenvalue weighted by Gasteiger charge is -2.06. The predicted molar refractivity (Wildman–Crippen MR) is 58.8 cm³/mol. The molecule has 0 bridgehead atoms. The fraction of sp³-hybridized carbons (Fsp3) is 0.778. The molecular formula is C9H16N4OS. The summed E-state index contributed by atoms with van der Waals surface area (Å²) in [6, 6.07) is 0.273. The van der Waals surface area contributed by atoms with E-state index >= 15 is 0 Å². The molecule has 0 atom stereocenters. The summed E-state index contributed by atoms with van der Waals surface area (Å²) in [6.45, 7) is 5.69. The Bertz CT molecular complexity index is 324. The average molecular weight is 228 g/mol. The Morgan fingerprint density at radius 2 is 2.27 bits per heavy atom. The molecule has 0 fully saturated rings. The van der Waals surface area contributed by atoms with Crippen LogP contribution in [-0.2, 0) is 4.79 Å². The number of nitrogens with zero attached hydrogens (tertiary/aromatic N) is 4. The molecule has 0 radical (unpaired) electrons. The number of Topliss-reactive ketones (excluding diaryl/α,β-unsaturated/α-hetero) is 1. The van der Waals surface area contributed by atoms with Gasteiger partial charge in [0.05, 0.1) is 6.04 Å². The van der Waals surface area contributed by atoms with Crippen LogP contribution in [0.15, 0.2) is 5.16 Å². The summed E-state index contributed by atoms with van der Waals surface area (Å²) in [7, 11) is 0. The Kier molecular flexibility index (Phi) is 4.74. The zero-order valence-electron chi connectivity index (χ0n) is 9.30. The molecule has 0 spiro atoms. The highest BCUT2D eigenvalue weighted by Gasteiger charge is 2.08. The number of carbonyl (C=O) groups excluding carboxylic acids is 1. The van der Waals surface area contributed by atoms with Gasteiger partial charge in [-0.1, -0.05) is 11.8 Å². The first-order valence-electron chi connectivity index (χ1n) is 5.01. The molecule has 0 aromatic carbocycles. The van der Waals surface area contributed by atoms with Gasteiger partial charge >= 0.3 is 0 Å². The Hall–Kier alpha value is -0.910. The smallest absolute Gasteiger partial charge is 0.209 e. The van der Waals surface area contributed by atoms with Crippen LogP contribution in [0.1, 0.15) is 39.7 Å².